The Kier molecular flexibility index (Phi) is 3.61. The molecule has 1 N–H and O–H groups in total. The first-order valence-corrected chi connectivity index (χ1v) is 7.16. The number of benzene rings is 2. The number of phenols is 1. The molecule has 0 amide bonds. The van der Waals surface area contributed by atoms with Gasteiger partial charge in [-0.3, -0.25) is 4.99 Å². The predicted molar refractivity (Wildman–Crippen MR) is 85.1 cm³/mol. The normalized spacial score (nSPS) is 11.0. The summed E-state index contributed by atoms with van der Waals surface area (Å²) in [5.41, 5.74) is 3.09. The van der Waals surface area contributed by atoms with E-state index in [9.17, 15) is 5.11 Å². The van der Waals surface area contributed by atoms with E-state index in [0.29, 0.717) is 0 Å². The summed E-state index contributed by atoms with van der Waals surface area (Å²) >= 11 is 1.73. The molecule has 98 valence electrons. The number of phenolic OH excluding ortho intramolecular Hbond substituents is 1. The second-order valence-corrected chi connectivity index (χ2v) is 5.33. The highest BCUT2D eigenvalue weighted by molar-refractivity contribution is 7.13. The van der Waals surface area contributed by atoms with E-state index in [-0.39, 0.29) is 5.75 Å². The van der Waals surface area contributed by atoms with Gasteiger partial charge in [-0.05, 0) is 52.9 Å². The molecule has 3 rings (SSSR count). The first-order valence-electron chi connectivity index (χ1n) is 6.28. The average Bonchev–Trinajstić information content (AvgIpc) is 3.01. The smallest absolute Gasteiger partial charge is 0.115 e. The molecule has 1 heterocycles. The Morgan fingerprint density at radius 3 is 2.55 bits per heavy atom. The Balaban J connectivity index is 1.84. The van der Waals surface area contributed by atoms with Gasteiger partial charge in [-0.25, -0.2) is 0 Å². The summed E-state index contributed by atoms with van der Waals surface area (Å²) in [6.45, 7) is 0. The number of hydrogen-bond acceptors (Lipinski definition) is 3. The van der Waals surface area contributed by atoms with Crippen LogP contribution in [0.3, 0.4) is 0 Å². The monoisotopic (exact) mass is 279 g/mol. The summed E-state index contributed by atoms with van der Waals surface area (Å²) in [7, 11) is 0. The molecule has 2 nitrogen and oxygen atoms in total. The lowest BCUT2D eigenvalue weighted by Crippen LogP contribution is -1.81. The number of aromatic hydroxyl groups is 1. The van der Waals surface area contributed by atoms with Crippen molar-refractivity contribution in [2.75, 3.05) is 0 Å². The highest BCUT2D eigenvalue weighted by Crippen LogP contribution is 2.25. The van der Waals surface area contributed by atoms with Crippen molar-refractivity contribution in [1.29, 1.82) is 0 Å². The van der Waals surface area contributed by atoms with Crippen molar-refractivity contribution in [3.63, 3.8) is 0 Å². The highest BCUT2D eigenvalue weighted by Gasteiger charge is 1.98. The van der Waals surface area contributed by atoms with E-state index in [0.717, 1.165) is 11.3 Å². The second kappa shape index (κ2) is 5.72. The van der Waals surface area contributed by atoms with Crippen LogP contribution < -0.4 is 0 Å². The molecule has 3 heteroatoms. The number of aliphatic imine (C=N–C) groups is 1. The number of hydrogen-bond donors (Lipinski definition) is 1. The Hall–Kier alpha value is -2.39. The molecule has 0 aliphatic rings. The minimum Gasteiger partial charge on any atom is -0.508 e. The van der Waals surface area contributed by atoms with Crippen LogP contribution in [-0.4, -0.2) is 11.3 Å². The summed E-state index contributed by atoms with van der Waals surface area (Å²) in [5, 5.41) is 11.3. The van der Waals surface area contributed by atoms with E-state index < -0.39 is 0 Å². The Morgan fingerprint density at radius 1 is 0.950 bits per heavy atom. The molecular weight excluding hydrogens is 266 g/mol. The zero-order chi connectivity index (χ0) is 13.8. The van der Waals surface area contributed by atoms with Gasteiger partial charge in [0.1, 0.15) is 5.75 Å². The Labute approximate surface area is 121 Å². The van der Waals surface area contributed by atoms with Gasteiger partial charge in [-0.15, -0.1) is 11.3 Å². The van der Waals surface area contributed by atoms with E-state index in [1.54, 1.807) is 35.6 Å². The molecule has 0 aliphatic heterocycles. The Morgan fingerprint density at radius 2 is 1.80 bits per heavy atom. The average molecular weight is 279 g/mol. The van der Waals surface area contributed by atoms with Crippen LogP contribution in [-0.2, 0) is 0 Å². The van der Waals surface area contributed by atoms with Crippen LogP contribution in [0.25, 0.3) is 10.4 Å². The summed E-state index contributed by atoms with van der Waals surface area (Å²) in [6, 6.07) is 19.3. The van der Waals surface area contributed by atoms with Crippen LogP contribution in [0.2, 0.25) is 0 Å². The molecule has 0 radical (unpaired) electrons. The molecule has 0 spiro atoms. The molecule has 0 saturated carbocycles. The van der Waals surface area contributed by atoms with Gasteiger partial charge in [0.2, 0.25) is 0 Å². The van der Waals surface area contributed by atoms with Crippen LogP contribution >= 0.6 is 11.3 Å². The molecule has 1 aromatic heterocycles. The number of thiophene rings is 1. The molecule has 3 aromatic rings. The zero-order valence-corrected chi connectivity index (χ0v) is 11.5. The lowest BCUT2D eigenvalue weighted by molar-refractivity contribution is 0.475. The zero-order valence-electron chi connectivity index (χ0n) is 10.7. The van der Waals surface area contributed by atoms with Gasteiger partial charge in [-0.1, -0.05) is 24.3 Å². The van der Waals surface area contributed by atoms with Crippen molar-refractivity contribution >= 4 is 23.2 Å². The fourth-order valence-electron chi connectivity index (χ4n) is 1.90. The summed E-state index contributed by atoms with van der Waals surface area (Å²) in [6.07, 6.45) is 1.84. The van der Waals surface area contributed by atoms with Crippen LogP contribution in [0.15, 0.2) is 71.0 Å². The standard InChI is InChI=1S/C17H13NOS/c19-16-8-6-15(7-9-16)18-12-13-3-1-4-14(11-13)17-5-2-10-20-17/h1-12,19H. The lowest BCUT2D eigenvalue weighted by Gasteiger charge is -1.99. The minimum atomic E-state index is 0.253. The molecule has 0 bridgehead atoms. The van der Waals surface area contributed by atoms with Gasteiger partial charge in [-0.2, -0.15) is 0 Å². The van der Waals surface area contributed by atoms with Crippen molar-refractivity contribution in [3.05, 3.63) is 71.6 Å². The Bertz CT molecular complexity index is 715. The number of nitrogens with zero attached hydrogens (tertiary/aromatic N) is 1. The molecule has 0 aliphatic carbocycles. The second-order valence-electron chi connectivity index (χ2n) is 4.38. The third-order valence-corrected chi connectivity index (χ3v) is 3.82. The molecule has 0 unspecified atom stereocenters. The van der Waals surface area contributed by atoms with Crippen molar-refractivity contribution in [1.82, 2.24) is 0 Å². The summed E-state index contributed by atoms with van der Waals surface area (Å²) < 4.78 is 0. The van der Waals surface area contributed by atoms with Crippen molar-refractivity contribution in [2.24, 2.45) is 4.99 Å². The lowest BCUT2D eigenvalue weighted by atomic mass is 10.1. The minimum absolute atomic E-state index is 0.253. The van der Waals surface area contributed by atoms with Gasteiger partial charge in [0.15, 0.2) is 0 Å². The van der Waals surface area contributed by atoms with Crippen molar-refractivity contribution in [2.45, 2.75) is 0 Å². The highest BCUT2D eigenvalue weighted by atomic mass is 32.1. The van der Waals surface area contributed by atoms with Crippen LogP contribution in [0, 0.1) is 0 Å². The van der Waals surface area contributed by atoms with E-state index in [4.69, 9.17) is 0 Å². The van der Waals surface area contributed by atoms with E-state index in [1.807, 2.05) is 18.3 Å². The van der Waals surface area contributed by atoms with Gasteiger partial charge in [0, 0.05) is 11.1 Å². The quantitative estimate of drug-likeness (QED) is 0.681. The maximum Gasteiger partial charge on any atom is 0.115 e. The topological polar surface area (TPSA) is 32.6 Å². The van der Waals surface area contributed by atoms with Crippen molar-refractivity contribution < 1.29 is 5.11 Å². The fraction of sp³-hybridized carbons (Fsp3) is 0. The maximum atomic E-state index is 9.23. The molecule has 0 fully saturated rings. The SMILES string of the molecule is Oc1ccc(N=Cc2cccc(-c3cccs3)c2)cc1. The van der Waals surface area contributed by atoms with E-state index in [1.165, 1.54) is 10.4 Å². The van der Waals surface area contributed by atoms with Crippen LogP contribution in [0.4, 0.5) is 5.69 Å². The van der Waals surface area contributed by atoms with Crippen LogP contribution in [0.5, 0.6) is 5.75 Å². The summed E-state index contributed by atoms with van der Waals surface area (Å²) in [4.78, 5) is 5.66. The molecular formula is C17H13NOS. The third-order valence-electron chi connectivity index (χ3n) is 2.90. The molecule has 0 saturated heterocycles. The van der Waals surface area contributed by atoms with Gasteiger partial charge in [0.25, 0.3) is 0 Å². The van der Waals surface area contributed by atoms with Gasteiger partial charge < -0.3 is 5.11 Å². The predicted octanol–water partition coefficient (Wildman–Crippen LogP) is 4.87. The van der Waals surface area contributed by atoms with Crippen molar-refractivity contribution in [3.8, 4) is 16.2 Å². The largest absolute Gasteiger partial charge is 0.508 e. The van der Waals surface area contributed by atoms with Gasteiger partial charge >= 0.3 is 0 Å². The number of rotatable bonds is 3. The van der Waals surface area contributed by atoms with Crippen LogP contribution in [0.1, 0.15) is 5.56 Å². The first kappa shape index (κ1) is 12.6. The third kappa shape index (κ3) is 2.95. The first-order chi connectivity index (χ1) is 9.81. The fourth-order valence-corrected chi connectivity index (χ4v) is 2.63. The van der Waals surface area contributed by atoms with E-state index in [2.05, 4.69) is 34.6 Å². The molecule has 2 aromatic carbocycles. The molecule has 20 heavy (non-hydrogen) atoms. The van der Waals surface area contributed by atoms with Gasteiger partial charge in [0.05, 0.1) is 5.69 Å². The maximum absolute atomic E-state index is 9.23. The molecule has 0 atom stereocenters. The van der Waals surface area contributed by atoms with E-state index >= 15 is 0 Å². The summed E-state index contributed by atoms with van der Waals surface area (Å²) in [5.74, 6) is 0.253.